The Labute approximate surface area is 169 Å². The predicted molar refractivity (Wildman–Crippen MR) is 102 cm³/mol. The van der Waals surface area contributed by atoms with Gasteiger partial charge in [-0.2, -0.15) is 13.2 Å². The number of hydrogen-bond donors (Lipinski definition) is 2. The maximum Gasteiger partial charge on any atom is 0.416 e. The molecule has 2 saturated heterocycles. The van der Waals surface area contributed by atoms with Gasteiger partial charge in [-0.25, -0.2) is 9.79 Å². The molecule has 2 N–H and O–H groups in total. The summed E-state index contributed by atoms with van der Waals surface area (Å²) >= 11 is 0. The second-order valence-electron chi connectivity index (χ2n) is 7.24. The molecule has 0 aliphatic carbocycles. The van der Waals surface area contributed by atoms with Gasteiger partial charge in [0.25, 0.3) is 5.91 Å². The van der Waals surface area contributed by atoms with Gasteiger partial charge < -0.3 is 4.90 Å². The number of amides is 3. The highest BCUT2D eigenvalue weighted by Gasteiger charge is 2.60. The van der Waals surface area contributed by atoms with E-state index in [0.29, 0.717) is 18.8 Å². The van der Waals surface area contributed by atoms with Gasteiger partial charge in [-0.05, 0) is 23.8 Å². The number of nitrogens with one attached hydrogen (secondary N) is 2. The van der Waals surface area contributed by atoms with Gasteiger partial charge >= 0.3 is 12.2 Å². The van der Waals surface area contributed by atoms with Crippen LogP contribution < -0.4 is 15.5 Å². The minimum atomic E-state index is -4.53. The molecule has 0 bridgehead atoms. The van der Waals surface area contributed by atoms with Gasteiger partial charge in [0, 0.05) is 19.6 Å². The Morgan fingerprint density at radius 3 is 2.53 bits per heavy atom. The fourth-order valence-electron chi connectivity index (χ4n) is 4.21. The van der Waals surface area contributed by atoms with Crippen molar-refractivity contribution in [2.75, 3.05) is 18.0 Å². The molecule has 2 aromatic carbocycles. The van der Waals surface area contributed by atoms with Crippen LogP contribution in [0.3, 0.4) is 0 Å². The Morgan fingerprint density at radius 2 is 1.80 bits per heavy atom. The number of urea groups is 1. The minimum absolute atomic E-state index is 0.0447. The summed E-state index contributed by atoms with van der Waals surface area (Å²) in [5.74, 6) is -2.09. The van der Waals surface area contributed by atoms with Crippen molar-refractivity contribution in [1.29, 1.82) is 0 Å². The number of alkyl halides is 3. The van der Waals surface area contributed by atoms with Gasteiger partial charge in [0.2, 0.25) is 5.79 Å². The maximum atomic E-state index is 13.2. The Hall–Kier alpha value is -3.40. The molecule has 2 fully saturated rings. The molecule has 0 aromatic heterocycles. The van der Waals surface area contributed by atoms with E-state index in [1.807, 2.05) is 30.3 Å². The fourth-order valence-corrected chi connectivity index (χ4v) is 4.21. The van der Waals surface area contributed by atoms with Crippen molar-refractivity contribution in [2.45, 2.75) is 18.5 Å². The van der Waals surface area contributed by atoms with Crippen LogP contribution in [-0.4, -0.2) is 41.4 Å². The molecule has 0 saturated carbocycles. The number of halogens is 3. The Kier molecular flexibility index (Phi) is 3.91. The van der Waals surface area contributed by atoms with Gasteiger partial charge in [0.05, 0.1) is 16.9 Å². The van der Waals surface area contributed by atoms with Crippen molar-refractivity contribution >= 4 is 29.0 Å². The van der Waals surface area contributed by atoms with E-state index in [1.54, 1.807) is 4.90 Å². The molecule has 10 heteroatoms. The van der Waals surface area contributed by atoms with E-state index in [9.17, 15) is 22.8 Å². The third-order valence-corrected chi connectivity index (χ3v) is 5.55. The summed E-state index contributed by atoms with van der Waals surface area (Å²) in [5.41, 5.74) is 0.492. The van der Waals surface area contributed by atoms with Crippen molar-refractivity contribution in [3.63, 3.8) is 0 Å². The van der Waals surface area contributed by atoms with Gasteiger partial charge in [-0.15, -0.1) is 0 Å². The summed E-state index contributed by atoms with van der Waals surface area (Å²) in [4.78, 5) is 32.7. The maximum absolute atomic E-state index is 13.2. The highest BCUT2D eigenvalue weighted by molar-refractivity contribution is 6.47. The predicted octanol–water partition coefficient (Wildman–Crippen LogP) is 2.61. The Balaban J connectivity index is 1.64. The molecule has 3 aliphatic rings. The van der Waals surface area contributed by atoms with Gasteiger partial charge in [-0.1, -0.05) is 30.3 Å². The molecule has 3 heterocycles. The van der Waals surface area contributed by atoms with E-state index < -0.39 is 29.5 Å². The monoisotopic (exact) mass is 415 g/mol. The Morgan fingerprint density at radius 1 is 1.07 bits per heavy atom. The van der Waals surface area contributed by atoms with E-state index in [0.717, 1.165) is 17.7 Å². The van der Waals surface area contributed by atoms with Crippen LogP contribution in [0.2, 0.25) is 0 Å². The lowest BCUT2D eigenvalue weighted by Gasteiger charge is -2.49. The third kappa shape index (κ3) is 2.60. The lowest BCUT2D eigenvalue weighted by atomic mass is 10.0. The zero-order chi connectivity index (χ0) is 21.1. The number of benzene rings is 2. The fraction of sp³-hybridized carbons (Fsp3) is 0.250. The van der Waals surface area contributed by atoms with Gasteiger partial charge in [-0.3, -0.25) is 20.3 Å². The first-order valence-electron chi connectivity index (χ1n) is 9.31. The lowest BCUT2D eigenvalue weighted by Crippen LogP contribution is -2.77. The molecule has 154 valence electrons. The number of carbonyl (C=O) groups is 2. The third-order valence-electron chi connectivity index (χ3n) is 5.55. The molecule has 3 aliphatic heterocycles. The number of imide groups is 1. The summed E-state index contributed by atoms with van der Waals surface area (Å²) in [6.45, 7) is 0.934. The standard InChI is InChI=1S/C20H16F3N5O2/c21-19(22,23)13-6-7-15-14(10-13)25-16-17(29)26-18(30)28-9-8-27(15)20(16,28)24-11-12-4-2-1-3-5-12/h1-7,10,24H,8-9,11H2,(H,26,29,30). The van der Waals surface area contributed by atoms with Crippen LogP contribution in [0, 0.1) is 0 Å². The number of rotatable bonds is 3. The smallest absolute Gasteiger partial charge is 0.327 e. The number of anilines is 1. The van der Waals surface area contributed by atoms with Crippen molar-refractivity contribution in [3.8, 4) is 0 Å². The summed E-state index contributed by atoms with van der Waals surface area (Å²) in [6.07, 6.45) is -4.53. The van der Waals surface area contributed by atoms with Gasteiger partial charge in [0.1, 0.15) is 0 Å². The van der Waals surface area contributed by atoms with Crippen LogP contribution in [0.15, 0.2) is 53.5 Å². The van der Waals surface area contributed by atoms with Gasteiger partial charge in [0.15, 0.2) is 5.71 Å². The van der Waals surface area contributed by atoms with E-state index >= 15 is 0 Å². The topological polar surface area (TPSA) is 77.0 Å². The SMILES string of the molecule is O=C1NC(=O)N2CCN3c4ccc(C(F)(F)F)cc4N=C1C23NCc1ccccc1. The molecule has 3 amide bonds. The number of hydrogen-bond acceptors (Lipinski definition) is 5. The van der Waals surface area contributed by atoms with Crippen LogP contribution in [0.25, 0.3) is 0 Å². The second kappa shape index (κ2) is 6.30. The normalized spacial score (nSPS) is 22.4. The highest BCUT2D eigenvalue weighted by atomic mass is 19.4. The van der Waals surface area contributed by atoms with Crippen LogP contribution in [0.5, 0.6) is 0 Å². The molecule has 0 radical (unpaired) electrons. The van der Waals surface area contributed by atoms with Crippen molar-refractivity contribution < 1.29 is 22.8 Å². The van der Waals surface area contributed by atoms with E-state index in [-0.39, 0.29) is 17.9 Å². The van der Waals surface area contributed by atoms with E-state index in [4.69, 9.17) is 0 Å². The lowest BCUT2D eigenvalue weighted by molar-refractivity contribution is -0.137. The first kappa shape index (κ1) is 18.6. The van der Waals surface area contributed by atoms with Crippen LogP contribution in [-0.2, 0) is 17.5 Å². The minimum Gasteiger partial charge on any atom is -0.327 e. The molecule has 2 aromatic rings. The molecule has 7 nitrogen and oxygen atoms in total. The molecular weight excluding hydrogens is 399 g/mol. The zero-order valence-electron chi connectivity index (χ0n) is 15.5. The molecule has 1 unspecified atom stereocenters. The van der Waals surface area contributed by atoms with E-state index in [1.165, 1.54) is 11.0 Å². The summed E-state index contributed by atoms with van der Waals surface area (Å²) < 4.78 is 39.6. The summed E-state index contributed by atoms with van der Waals surface area (Å²) in [7, 11) is 0. The molecule has 1 atom stereocenters. The average molecular weight is 415 g/mol. The molecule has 5 rings (SSSR count). The van der Waals surface area contributed by atoms with Crippen LogP contribution >= 0.6 is 0 Å². The van der Waals surface area contributed by atoms with Crippen LogP contribution in [0.4, 0.5) is 29.3 Å². The van der Waals surface area contributed by atoms with Crippen molar-refractivity contribution in [3.05, 3.63) is 59.7 Å². The number of nitrogens with zero attached hydrogens (tertiary/aromatic N) is 3. The van der Waals surface area contributed by atoms with Crippen LogP contribution in [0.1, 0.15) is 11.1 Å². The average Bonchev–Trinajstić information content (AvgIpc) is 3.11. The first-order chi connectivity index (χ1) is 14.3. The van der Waals surface area contributed by atoms with Crippen molar-refractivity contribution in [2.24, 2.45) is 4.99 Å². The quantitative estimate of drug-likeness (QED) is 0.808. The molecule has 0 spiro atoms. The van der Waals surface area contributed by atoms with E-state index in [2.05, 4.69) is 15.6 Å². The number of fused-ring (bicyclic) bond motifs is 2. The largest absolute Gasteiger partial charge is 0.416 e. The first-order valence-corrected chi connectivity index (χ1v) is 9.31. The highest BCUT2D eigenvalue weighted by Crippen LogP contribution is 2.45. The van der Waals surface area contributed by atoms with Crippen molar-refractivity contribution in [1.82, 2.24) is 15.5 Å². The zero-order valence-corrected chi connectivity index (χ0v) is 15.5. The second-order valence-corrected chi connectivity index (χ2v) is 7.24. The molecule has 30 heavy (non-hydrogen) atoms. The Bertz CT molecular complexity index is 1090. The summed E-state index contributed by atoms with van der Waals surface area (Å²) in [5, 5.41) is 5.51. The number of carbonyl (C=O) groups excluding carboxylic acids is 2. The summed E-state index contributed by atoms with van der Waals surface area (Å²) in [6, 6.07) is 12.1. The number of aliphatic imine (C=N–C) groups is 1. The molecular formula is C20H16F3N5O2.